The Morgan fingerprint density at radius 1 is 0.970 bits per heavy atom. The molecule has 0 aromatic heterocycles. The molecule has 0 aliphatic heterocycles. The molecule has 0 heterocycles. The highest BCUT2D eigenvalue weighted by atomic mass is 19.1. The van der Waals surface area contributed by atoms with Crippen molar-refractivity contribution in [2.24, 2.45) is 5.73 Å². The Morgan fingerprint density at radius 2 is 1.48 bits per heavy atom. The molecule has 3 rings (SSSR count). The van der Waals surface area contributed by atoms with Gasteiger partial charge in [-0.2, -0.15) is 0 Å². The number of allylic oxidation sites excluding steroid dienone is 6. The minimum Gasteiger partial charge on any atom is -0.405 e. The van der Waals surface area contributed by atoms with E-state index in [0.29, 0.717) is 7.18 Å². The van der Waals surface area contributed by atoms with Crippen LogP contribution in [0.2, 0.25) is 0 Å². The van der Waals surface area contributed by atoms with Gasteiger partial charge in [-0.05, 0) is 75.4 Å². The summed E-state index contributed by atoms with van der Waals surface area (Å²) in [6.45, 7) is 10.7. The molecule has 184 valence electrons. The quantitative estimate of drug-likeness (QED) is 0.467. The number of rotatable bonds is 6. The number of nitrogens with zero attached hydrogens (tertiary/aromatic N) is 1. The average molecular weight is 459 g/mol. The van der Waals surface area contributed by atoms with Gasteiger partial charge in [0.25, 0.3) is 0 Å². The Bertz CT molecular complexity index is 747. The second-order valence-corrected chi connectivity index (χ2v) is 7.68. The fourth-order valence-corrected chi connectivity index (χ4v) is 3.52. The summed E-state index contributed by atoms with van der Waals surface area (Å²) >= 11 is 0. The third-order valence-electron chi connectivity index (χ3n) is 5.41. The summed E-state index contributed by atoms with van der Waals surface area (Å²) in [5.41, 5.74) is 10.4. The van der Waals surface area contributed by atoms with Gasteiger partial charge < -0.3 is 10.6 Å². The molecule has 2 aliphatic carbocycles. The van der Waals surface area contributed by atoms with E-state index >= 15 is 0 Å². The molecular weight excluding hydrogens is 414 g/mol. The Balaban J connectivity index is 0.000000860. The Labute approximate surface area is 201 Å². The number of alkyl halides is 2. The maximum atomic E-state index is 13.4. The Hall–Kier alpha value is -2.62. The summed E-state index contributed by atoms with van der Waals surface area (Å²) in [6.07, 6.45) is 15.6. The van der Waals surface area contributed by atoms with E-state index in [2.05, 4.69) is 43.1 Å². The van der Waals surface area contributed by atoms with E-state index in [1.165, 1.54) is 11.3 Å². The van der Waals surface area contributed by atoms with Crippen LogP contribution in [0.5, 0.6) is 0 Å². The zero-order valence-electron chi connectivity index (χ0n) is 21.4. The monoisotopic (exact) mass is 458 g/mol. The van der Waals surface area contributed by atoms with Crippen molar-refractivity contribution in [3.8, 4) is 0 Å². The van der Waals surface area contributed by atoms with Gasteiger partial charge in [-0.1, -0.05) is 74.5 Å². The van der Waals surface area contributed by atoms with E-state index in [1.807, 2.05) is 56.3 Å². The predicted molar refractivity (Wildman–Crippen MR) is 141 cm³/mol. The predicted octanol–water partition coefficient (Wildman–Crippen LogP) is 8.08. The van der Waals surface area contributed by atoms with Crippen molar-refractivity contribution >= 4 is 0 Å². The lowest BCUT2D eigenvalue weighted by atomic mass is 9.91. The van der Waals surface area contributed by atoms with Gasteiger partial charge >= 0.3 is 0 Å². The van der Waals surface area contributed by atoms with Gasteiger partial charge in [-0.25, -0.2) is 4.39 Å². The van der Waals surface area contributed by atoms with Crippen molar-refractivity contribution in [1.29, 1.82) is 0 Å². The van der Waals surface area contributed by atoms with Crippen LogP contribution >= 0.6 is 0 Å². The van der Waals surface area contributed by atoms with Crippen molar-refractivity contribution in [3.63, 3.8) is 0 Å². The van der Waals surface area contributed by atoms with Crippen LogP contribution in [0.3, 0.4) is 0 Å². The van der Waals surface area contributed by atoms with Crippen molar-refractivity contribution in [2.75, 3.05) is 13.7 Å². The standard InChI is InChI=1S/C20H29FN2.C6H6.C2H6.CH3F/c1-15(13-22)14-23(20-7-5-4-6-8-20)17(3)19-11-9-18(10-12-19)16(2)21;1-2-4-6-5-3-1;2*1-2/h5,7-9,11,13,16-17H,4,6,10,12,14,22H2,1-3H3;1-6H;1-2H3;1H3/b15-13-;;;. The highest BCUT2D eigenvalue weighted by molar-refractivity contribution is 5.32. The summed E-state index contributed by atoms with van der Waals surface area (Å²) in [6, 6.07) is 12.3. The lowest BCUT2D eigenvalue weighted by Crippen LogP contribution is -2.35. The normalized spacial score (nSPS) is 16.6. The molecule has 0 radical (unpaired) electrons. The van der Waals surface area contributed by atoms with Gasteiger partial charge in [0.2, 0.25) is 0 Å². The highest BCUT2D eigenvalue weighted by Gasteiger charge is 2.22. The van der Waals surface area contributed by atoms with E-state index in [0.717, 1.165) is 43.4 Å². The molecule has 1 aromatic rings. The largest absolute Gasteiger partial charge is 0.405 e. The fourth-order valence-electron chi connectivity index (χ4n) is 3.52. The first-order chi connectivity index (χ1) is 16.0. The highest BCUT2D eigenvalue weighted by Crippen LogP contribution is 2.29. The second kappa shape index (κ2) is 18.9. The van der Waals surface area contributed by atoms with Gasteiger partial charge in [-0.15, -0.1) is 0 Å². The molecule has 4 heteroatoms. The van der Waals surface area contributed by atoms with Gasteiger partial charge in [0.15, 0.2) is 0 Å². The smallest absolute Gasteiger partial charge is 0.119 e. The minimum absolute atomic E-state index is 0.284. The number of halogens is 2. The first-order valence-electron chi connectivity index (χ1n) is 11.9. The van der Waals surface area contributed by atoms with Gasteiger partial charge in [-0.3, -0.25) is 4.39 Å². The number of hydrogen-bond donors (Lipinski definition) is 1. The third-order valence-corrected chi connectivity index (χ3v) is 5.41. The molecule has 2 nitrogen and oxygen atoms in total. The van der Waals surface area contributed by atoms with Crippen molar-refractivity contribution in [1.82, 2.24) is 4.90 Å². The van der Waals surface area contributed by atoms with Crippen LogP contribution in [-0.4, -0.2) is 30.8 Å². The van der Waals surface area contributed by atoms with Crippen molar-refractivity contribution in [3.05, 3.63) is 95.4 Å². The Morgan fingerprint density at radius 3 is 1.88 bits per heavy atom. The van der Waals surface area contributed by atoms with E-state index in [9.17, 15) is 8.78 Å². The molecule has 0 fully saturated rings. The maximum absolute atomic E-state index is 13.4. The number of benzene rings is 1. The minimum atomic E-state index is -0.842. The molecule has 0 saturated heterocycles. The number of hydrogen-bond acceptors (Lipinski definition) is 2. The van der Waals surface area contributed by atoms with Crippen LogP contribution in [-0.2, 0) is 0 Å². The molecule has 0 saturated carbocycles. The van der Waals surface area contributed by atoms with Crippen LogP contribution < -0.4 is 5.73 Å². The molecular formula is C29H44F2N2. The summed E-state index contributed by atoms with van der Waals surface area (Å²) in [4.78, 5) is 2.40. The zero-order valence-corrected chi connectivity index (χ0v) is 21.4. The SMILES string of the molecule is C/C(=C/N)CN(C1=CCCC=C1)C(C)C1=CC=C(C(C)F)CC1.CC.CF.c1ccccc1. The van der Waals surface area contributed by atoms with Crippen LogP contribution in [0.15, 0.2) is 95.4 Å². The molecule has 0 amide bonds. The lowest BCUT2D eigenvalue weighted by Gasteiger charge is -2.36. The fraction of sp³-hybridized carbons (Fsp3) is 0.448. The average Bonchev–Trinajstić information content (AvgIpc) is 2.91. The molecule has 0 bridgehead atoms. The van der Waals surface area contributed by atoms with E-state index < -0.39 is 6.17 Å². The second-order valence-electron chi connectivity index (χ2n) is 7.68. The van der Waals surface area contributed by atoms with E-state index in [1.54, 1.807) is 13.1 Å². The molecule has 2 N–H and O–H groups in total. The summed E-state index contributed by atoms with van der Waals surface area (Å²) < 4.78 is 22.9. The van der Waals surface area contributed by atoms with E-state index in [4.69, 9.17) is 5.73 Å². The molecule has 33 heavy (non-hydrogen) atoms. The van der Waals surface area contributed by atoms with Gasteiger partial charge in [0.05, 0.1) is 7.18 Å². The summed E-state index contributed by atoms with van der Waals surface area (Å²) in [5.74, 6) is 0. The molecule has 2 unspecified atom stereocenters. The van der Waals surface area contributed by atoms with Crippen LogP contribution in [0.1, 0.15) is 60.3 Å². The first-order valence-corrected chi connectivity index (χ1v) is 11.9. The Kier molecular flexibility index (Phi) is 17.4. The summed E-state index contributed by atoms with van der Waals surface area (Å²) in [7, 11) is 0.500. The van der Waals surface area contributed by atoms with Gasteiger partial charge in [0, 0.05) is 18.3 Å². The summed E-state index contributed by atoms with van der Waals surface area (Å²) in [5, 5.41) is 0. The topological polar surface area (TPSA) is 29.3 Å². The molecule has 1 aromatic carbocycles. The molecule has 2 atom stereocenters. The number of nitrogens with two attached hydrogens (primary N) is 1. The van der Waals surface area contributed by atoms with Crippen LogP contribution in [0.25, 0.3) is 0 Å². The van der Waals surface area contributed by atoms with Crippen molar-refractivity contribution in [2.45, 2.75) is 72.5 Å². The maximum Gasteiger partial charge on any atom is 0.119 e. The van der Waals surface area contributed by atoms with Crippen LogP contribution in [0, 0.1) is 0 Å². The van der Waals surface area contributed by atoms with Crippen LogP contribution in [0.4, 0.5) is 8.78 Å². The molecule has 0 spiro atoms. The van der Waals surface area contributed by atoms with Crippen molar-refractivity contribution < 1.29 is 8.78 Å². The third kappa shape index (κ3) is 11.7. The van der Waals surface area contributed by atoms with E-state index in [-0.39, 0.29) is 6.04 Å². The molecule has 2 aliphatic rings. The van der Waals surface area contributed by atoms with Gasteiger partial charge in [0.1, 0.15) is 6.17 Å². The zero-order chi connectivity index (χ0) is 25.1. The lowest BCUT2D eigenvalue weighted by molar-refractivity contribution is 0.319. The first kappa shape index (κ1) is 30.4.